The second-order valence-corrected chi connectivity index (χ2v) is 5.77. The Hall–Kier alpha value is -1.86. The van der Waals surface area contributed by atoms with Gasteiger partial charge < -0.3 is 5.11 Å². The summed E-state index contributed by atoms with van der Waals surface area (Å²) in [6.07, 6.45) is 0. The van der Waals surface area contributed by atoms with Gasteiger partial charge in [0.05, 0.1) is 10.5 Å². The van der Waals surface area contributed by atoms with Crippen LogP contribution in [0.3, 0.4) is 0 Å². The number of nitro benzene ring substituents is 1. The maximum atomic E-state index is 11.2. The highest BCUT2D eigenvalue weighted by Crippen LogP contribution is 2.38. The van der Waals surface area contributed by atoms with Crippen molar-refractivity contribution in [1.29, 1.82) is 0 Å². The lowest BCUT2D eigenvalue weighted by Crippen LogP contribution is -2.02. The lowest BCUT2D eigenvalue weighted by molar-refractivity contribution is -0.387. The van der Waals surface area contributed by atoms with Crippen LogP contribution in [0, 0.1) is 10.1 Å². The van der Waals surface area contributed by atoms with Gasteiger partial charge in [-0.05, 0) is 24.3 Å². The van der Waals surface area contributed by atoms with Crippen LogP contribution in [0.4, 0.5) is 5.69 Å². The van der Waals surface area contributed by atoms with Crippen molar-refractivity contribution >= 4 is 39.3 Å². The standard InChI is InChI=1S/C13H8BrNO4S/c14-8-3-1-4-9(7-8)20-12-10(13(16)17)5-2-6-11(12)15(18)19/h1-7H,(H,16,17). The molecule has 20 heavy (non-hydrogen) atoms. The fourth-order valence-corrected chi connectivity index (χ4v) is 3.22. The molecule has 0 fully saturated rings. The number of aromatic carboxylic acids is 1. The number of carboxylic acids is 1. The summed E-state index contributed by atoms with van der Waals surface area (Å²) < 4.78 is 0.818. The molecule has 5 nitrogen and oxygen atoms in total. The summed E-state index contributed by atoms with van der Waals surface area (Å²) in [5.41, 5.74) is -0.293. The normalized spacial score (nSPS) is 10.2. The number of halogens is 1. The van der Waals surface area contributed by atoms with E-state index in [-0.39, 0.29) is 16.1 Å². The van der Waals surface area contributed by atoms with Crippen LogP contribution in [0.1, 0.15) is 10.4 Å². The van der Waals surface area contributed by atoms with E-state index in [0.29, 0.717) is 0 Å². The summed E-state index contributed by atoms with van der Waals surface area (Å²) in [7, 11) is 0. The molecule has 7 heteroatoms. The van der Waals surface area contributed by atoms with Crippen LogP contribution in [0.5, 0.6) is 0 Å². The molecule has 0 atom stereocenters. The minimum atomic E-state index is -1.19. The Balaban J connectivity index is 2.53. The minimum Gasteiger partial charge on any atom is -0.478 e. The number of nitro groups is 1. The Kier molecular flexibility index (Phi) is 4.41. The molecule has 0 heterocycles. The van der Waals surface area contributed by atoms with Crippen LogP contribution in [-0.2, 0) is 0 Å². The van der Waals surface area contributed by atoms with Crippen molar-refractivity contribution in [3.05, 3.63) is 62.6 Å². The van der Waals surface area contributed by atoms with Gasteiger partial charge in [-0.2, -0.15) is 0 Å². The molecule has 0 saturated heterocycles. The first-order valence-electron chi connectivity index (χ1n) is 5.43. The average molecular weight is 354 g/mol. The Morgan fingerprint density at radius 2 is 1.95 bits per heavy atom. The van der Waals surface area contributed by atoms with Crippen LogP contribution in [-0.4, -0.2) is 16.0 Å². The van der Waals surface area contributed by atoms with Crippen LogP contribution < -0.4 is 0 Å². The molecule has 0 amide bonds. The topological polar surface area (TPSA) is 80.4 Å². The molecule has 102 valence electrons. The number of carboxylic acid groups (broad SMARTS) is 1. The van der Waals surface area contributed by atoms with E-state index in [0.717, 1.165) is 21.1 Å². The fraction of sp³-hybridized carbons (Fsp3) is 0. The van der Waals surface area contributed by atoms with Gasteiger partial charge in [0.15, 0.2) is 0 Å². The van der Waals surface area contributed by atoms with E-state index < -0.39 is 10.9 Å². The van der Waals surface area contributed by atoms with Gasteiger partial charge >= 0.3 is 5.97 Å². The predicted molar refractivity (Wildman–Crippen MR) is 78.3 cm³/mol. The summed E-state index contributed by atoms with van der Waals surface area (Å²) in [4.78, 5) is 22.5. The molecule has 0 bridgehead atoms. The molecule has 0 aliphatic carbocycles. The minimum absolute atomic E-state index is 0.0795. The molecule has 0 aromatic heterocycles. The van der Waals surface area contributed by atoms with E-state index in [2.05, 4.69) is 15.9 Å². The van der Waals surface area contributed by atoms with Gasteiger partial charge in [0.1, 0.15) is 4.90 Å². The molecular weight excluding hydrogens is 346 g/mol. The molecule has 0 aliphatic heterocycles. The molecule has 0 unspecified atom stereocenters. The van der Waals surface area contributed by atoms with Gasteiger partial charge in [-0.25, -0.2) is 4.79 Å². The smallest absolute Gasteiger partial charge is 0.337 e. The predicted octanol–water partition coefficient (Wildman–Crippen LogP) is 4.21. The lowest BCUT2D eigenvalue weighted by Gasteiger charge is -2.07. The molecule has 1 N–H and O–H groups in total. The summed E-state index contributed by atoms with van der Waals surface area (Å²) in [5.74, 6) is -1.19. The number of hydrogen-bond acceptors (Lipinski definition) is 4. The monoisotopic (exact) mass is 353 g/mol. The highest BCUT2D eigenvalue weighted by Gasteiger charge is 2.22. The van der Waals surface area contributed by atoms with Crippen molar-refractivity contribution in [3.63, 3.8) is 0 Å². The van der Waals surface area contributed by atoms with Crippen LogP contribution in [0.25, 0.3) is 0 Å². The van der Waals surface area contributed by atoms with E-state index >= 15 is 0 Å². The Morgan fingerprint density at radius 1 is 1.25 bits per heavy atom. The average Bonchev–Trinajstić information content (AvgIpc) is 2.38. The number of carbonyl (C=O) groups is 1. The van der Waals surface area contributed by atoms with E-state index in [4.69, 9.17) is 5.11 Å². The molecule has 0 radical (unpaired) electrons. The van der Waals surface area contributed by atoms with Crippen molar-refractivity contribution in [2.45, 2.75) is 9.79 Å². The van der Waals surface area contributed by atoms with E-state index in [1.54, 1.807) is 18.2 Å². The van der Waals surface area contributed by atoms with Crippen LogP contribution in [0.15, 0.2) is 56.7 Å². The van der Waals surface area contributed by atoms with E-state index in [1.165, 1.54) is 18.2 Å². The van der Waals surface area contributed by atoms with E-state index in [1.807, 2.05) is 6.07 Å². The zero-order valence-electron chi connectivity index (χ0n) is 9.95. The van der Waals surface area contributed by atoms with Crippen molar-refractivity contribution in [1.82, 2.24) is 0 Å². The molecule has 2 rings (SSSR count). The first-order chi connectivity index (χ1) is 9.49. The van der Waals surface area contributed by atoms with Crippen molar-refractivity contribution in [2.75, 3.05) is 0 Å². The Morgan fingerprint density at radius 3 is 2.55 bits per heavy atom. The quantitative estimate of drug-likeness (QED) is 0.657. The molecule has 2 aromatic carbocycles. The number of rotatable bonds is 4. The fourth-order valence-electron chi connectivity index (χ4n) is 1.59. The first kappa shape index (κ1) is 14.5. The second kappa shape index (κ2) is 6.06. The highest BCUT2D eigenvalue weighted by molar-refractivity contribution is 9.10. The third-order valence-electron chi connectivity index (χ3n) is 2.44. The third-order valence-corrected chi connectivity index (χ3v) is 4.05. The highest BCUT2D eigenvalue weighted by atomic mass is 79.9. The van der Waals surface area contributed by atoms with Crippen molar-refractivity contribution in [3.8, 4) is 0 Å². The lowest BCUT2D eigenvalue weighted by atomic mass is 10.2. The number of hydrogen-bond donors (Lipinski definition) is 1. The van der Waals surface area contributed by atoms with Gasteiger partial charge in [-0.3, -0.25) is 10.1 Å². The van der Waals surface area contributed by atoms with Gasteiger partial charge in [-0.1, -0.05) is 39.8 Å². The Bertz CT molecular complexity index is 658. The molecular formula is C13H8BrNO4S. The Labute approximate surface area is 126 Å². The van der Waals surface area contributed by atoms with Gasteiger partial charge in [-0.15, -0.1) is 0 Å². The van der Waals surface area contributed by atoms with Crippen LogP contribution in [0.2, 0.25) is 0 Å². The SMILES string of the molecule is O=C(O)c1cccc([N+](=O)[O-])c1Sc1cccc(Br)c1. The van der Waals surface area contributed by atoms with E-state index in [9.17, 15) is 14.9 Å². The number of benzene rings is 2. The zero-order valence-corrected chi connectivity index (χ0v) is 12.3. The van der Waals surface area contributed by atoms with Gasteiger partial charge in [0.25, 0.3) is 5.69 Å². The summed E-state index contributed by atoms with van der Waals surface area (Å²) in [6.45, 7) is 0. The molecule has 0 aliphatic rings. The third kappa shape index (κ3) is 3.17. The molecule has 2 aromatic rings. The summed E-state index contributed by atoms with van der Waals surface area (Å²) in [6, 6.07) is 11.2. The van der Waals surface area contributed by atoms with Crippen molar-refractivity contribution in [2.24, 2.45) is 0 Å². The molecule has 0 spiro atoms. The maximum absolute atomic E-state index is 11.2. The molecule has 0 saturated carbocycles. The maximum Gasteiger partial charge on any atom is 0.337 e. The van der Waals surface area contributed by atoms with Gasteiger partial charge in [0, 0.05) is 15.4 Å². The summed E-state index contributed by atoms with van der Waals surface area (Å²) in [5, 5.41) is 20.2. The first-order valence-corrected chi connectivity index (χ1v) is 7.04. The van der Waals surface area contributed by atoms with Crippen molar-refractivity contribution < 1.29 is 14.8 Å². The second-order valence-electron chi connectivity index (χ2n) is 3.78. The largest absolute Gasteiger partial charge is 0.478 e. The summed E-state index contributed by atoms with van der Waals surface area (Å²) >= 11 is 4.37. The number of nitrogens with zero attached hydrogens (tertiary/aromatic N) is 1. The van der Waals surface area contributed by atoms with Crippen LogP contribution >= 0.6 is 27.7 Å². The van der Waals surface area contributed by atoms with Gasteiger partial charge in [0.2, 0.25) is 0 Å². The zero-order chi connectivity index (χ0) is 14.7.